The van der Waals surface area contributed by atoms with E-state index in [-0.39, 0.29) is 4.90 Å². The molecule has 0 saturated carbocycles. The molecule has 2 aromatic rings. The maximum Gasteiger partial charge on any atom is 0.247 e. The van der Waals surface area contributed by atoms with Gasteiger partial charge in [-0.1, -0.05) is 24.3 Å². The number of hydrogen-bond donors (Lipinski definition) is 0. The van der Waals surface area contributed by atoms with Crippen molar-refractivity contribution < 1.29 is 13.2 Å². The van der Waals surface area contributed by atoms with Gasteiger partial charge in [0.1, 0.15) is 10.6 Å². The molecule has 1 aromatic carbocycles. The molecular weight excluding hydrogens is 318 g/mol. The molecule has 4 nitrogen and oxygen atoms in total. The van der Waals surface area contributed by atoms with Crippen LogP contribution in [-0.4, -0.2) is 32.9 Å². The van der Waals surface area contributed by atoms with Crippen LogP contribution in [0, 0.1) is 0 Å². The van der Waals surface area contributed by atoms with Crippen LogP contribution in [0.1, 0.15) is 11.3 Å². The van der Waals surface area contributed by atoms with Crippen LogP contribution in [0.4, 0.5) is 0 Å². The summed E-state index contributed by atoms with van der Waals surface area (Å²) in [5, 5.41) is 2.04. The second-order valence-electron chi connectivity index (χ2n) is 4.97. The second-order valence-corrected chi connectivity index (χ2v) is 7.82. The van der Waals surface area contributed by atoms with E-state index in [0.717, 1.165) is 6.42 Å². The summed E-state index contributed by atoms with van der Waals surface area (Å²) in [5.41, 5.74) is 1.22. The summed E-state index contributed by atoms with van der Waals surface area (Å²) in [7, 11) is -2.04. The zero-order chi connectivity index (χ0) is 15.6. The van der Waals surface area contributed by atoms with Crippen molar-refractivity contribution in [2.75, 3.05) is 20.2 Å². The molecule has 0 aliphatic carbocycles. The summed E-state index contributed by atoms with van der Waals surface area (Å²) in [5.74, 6) is 0.385. The third-order valence-corrected chi connectivity index (χ3v) is 6.55. The normalized spacial score (nSPS) is 16.3. The van der Waals surface area contributed by atoms with Gasteiger partial charge in [0.15, 0.2) is 0 Å². The highest BCUT2D eigenvalue weighted by Gasteiger charge is 2.28. The molecule has 0 N–H and O–H groups in total. The molecule has 116 valence electrons. The fourth-order valence-electron chi connectivity index (χ4n) is 2.52. The standard InChI is InChI=1S/C16H17NO3S2/c1-20-14-5-2-3-7-16(14)22(18,19)17-10-8-13(9-11-17)15-6-4-12-21-15/h2-8,12H,9-11H2,1H3. The van der Waals surface area contributed by atoms with Crippen molar-refractivity contribution >= 4 is 26.9 Å². The molecule has 0 spiro atoms. The summed E-state index contributed by atoms with van der Waals surface area (Å²) < 4.78 is 32.2. The van der Waals surface area contributed by atoms with Crippen molar-refractivity contribution in [2.24, 2.45) is 0 Å². The van der Waals surface area contributed by atoms with Crippen molar-refractivity contribution in [2.45, 2.75) is 11.3 Å². The maximum atomic E-state index is 12.8. The number of hydrogen-bond acceptors (Lipinski definition) is 4. The van der Waals surface area contributed by atoms with Gasteiger partial charge in [-0.3, -0.25) is 0 Å². The summed E-state index contributed by atoms with van der Waals surface area (Å²) in [6, 6.07) is 10.8. The number of rotatable bonds is 4. The SMILES string of the molecule is COc1ccccc1S(=O)(=O)N1CC=C(c2cccs2)CC1. The van der Waals surface area contributed by atoms with E-state index in [1.165, 1.54) is 21.9 Å². The molecule has 0 saturated heterocycles. The monoisotopic (exact) mass is 335 g/mol. The van der Waals surface area contributed by atoms with E-state index >= 15 is 0 Å². The summed E-state index contributed by atoms with van der Waals surface area (Å²) in [4.78, 5) is 1.44. The van der Waals surface area contributed by atoms with E-state index in [1.807, 2.05) is 17.5 Å². The molecule has 1 aliphatic heterocycles. The van der Waals surface area contributed by atoms with Gasteiger partial charge in [-0.25, -0.2) is 8.42 Å². The molecule has 6 heteroatoms. The van der Waals surface area contributed by atoms with Gasteiger partial charge in [0, 0.05) is 18.0 Å². The Morgan fingerprint density at radius 1 is 1.18 bits per heavy atom. The number of nitrogens with zero attached hydrogens (tertiary/aromatic N) is 1. The minimum Gasteiger partial charge on any atom is -0.495 e. The smallest absolute Gasteiger partial charge is 0.247 e. The van der Waals surface area contributed by atoms with Crippen LogP contribution in [-0.2, 0) is 10.0 Å². The molecular formula is C16H17NO3S2. The first-order valence-corrected chi connectivity index (χ1v) is 9.31. The van der Waals surface area contributed by atoms with Crippen LogP contribution in [0.15, 0.2) is 52.7 Å². The Bertz CT molecular complexity index is 779. The van der Waals surface area contributed by atoms with Crippen molar-refractivity contribution in [1.82, 2.24) is 4.31 Å². The number of thiophene rings is 1. The fraction of sp³-hybridized carbons (Fsp3) is 0.250. The lowest BCUT2D eigenvalue weighted by Crippen LogP contribution is -2.34. The Labute approximate surface area is 134 Å². The molecule has 0 atom stereocenters. The third-order valence-electron chi connectivity index (χ3n) is 3.70. The minimum atomic E-state index is -3.53. The molecule has 2 heterocycles. The Morgan fingerprint density at radius 3 is 2.64 bits per heavy atom. The number of benzene rings is 1. The average molecular weight is 335 g/mol. The van der Waals surface area contributed by atoms with Gasteiger partial charge in [-0.15, -0.1) is 11.3 Å². The number of sulfonamides is 1. The molecule has 1 aliphatic rings. The van der Waals surface area contributed by atoms with Gasteiger partial charge in [-0.2, -0.15) is 4.31 Å². The van der Waals surface area contributed by atoms with E-state index in [2.05, 4.69) is 6.07 Å². The topological polar surface area (TPSA) is 46.6 Å². The first-order chi connectivity index (χ1) is 10.6. The lowest BCUT2D eigenvalue weighted by Gasteiger charge is -2.26. The summed E-state index contributed by atoms with van der Waals surface area (Å²) >= 11 is 1.68. The predicted octanol–water partition coefficient (Wildman–Crippen LogP) is 3.23. The first kappa shape index (κ1) is 15.3. The van der Waals surface area contributed by atoms with Gasteiger partial charge in [-0.05, 0) is 35.6 Å². The first-order valence-electron chi connectivity index (χ1n) is 6.99. The molecule has 0 unspecified atom stereocenters. The van der Waals surface area contributed by atoms with Gasteiger partial charge >= 0.3 is 0 Å². The molecule has 0 fully saturated rings. The molecule has 0 bridgehead atoms. The van der Waals surface area contributed by atoms with Crippen LogP contribution < -0.4 is 4.74 Å². The zero-order valence-corrected chi connectivity index (χ0v) is 13.9. The quantitative estimate of drug-likeness (QED) is 0.862. The van der Waals surface area contributed by atoms with E-state index in [0.29, 0.717) is 18.8 Å². The summed E-state index contributed by atoms with van der Waals surface area (Å²) in [6.07, 6.45) is 2.73. The van der Waals surface area contributed by atoms with E-state index in [1.54, 1.807) is 35.6 Å². The van der Waals surface area contributed by atoms with Gasteiger partial charge in [0.05, 0.1) is 7.11 Å². The number of ether oxygens (including phenoxy) is 1. The lowest BCUT2D eigenvalue weighted by atomic mass is 10.1. The van der Waals surface area contributed by atoms with Crippen molar-refractivity contribution in [3.63, 3.8) is 0 Å². The second kappa shape index (κ2) is 6.24. The molecule has 22 heavy (non-hydrogen) atoms. The van der Waals surface area contributed by atoms with Crippen LogP contribution >= 0.6 is 11.3 Å². The van der Waals surface area contributed by atoms with Crippen molar-refractivity contribution in [3.05, 3.63) is 52.7 Å². The Balaban J connectivity index is 1.86. The largest absolute Gasteiger partial charge is 0.495 e. The van der Waals surface area contributed by atoms with E-state index in [9.17, 15) is 8.42 Å². The van der Waals surface area contributed by atoms with Crippen LogP contribution in [0.3, 0.4) is 0 Å². The fourth-order valence-corrected chi connectivity index (χ4v) is 4.86. The summed E-state index contributed by atoms with van der Waals surface area (Å²) in [6.45, 7) is 0.887. The Hall–Kier alpha value is -1.63. The highest BCUT2D eigenvalue weighted by Crippen LogP contribution is 2.31. The Kier molecular flexibility index (Phi) is 4.33. The predicted molar refractivity (Wildman–Crippen MR) is 88.7 cm³/mol. The number of methoxy groups -OCH3 is 1. The third kappa shape index (κ3) is 2.82. The van der Waals surface area contributed by atoms with Crippen LogP contribution in [0.2, 0.25) is 0 Å². The minimum absolute atomic E-state index is 0.227. The van der Waals surface area contributed by atoms with E-state index < -0.39 is 10.0 Å². The highest BCUT2D eigenvalue weighted by molar-refractivity contribution is 7.89. The molecule has 1 aromatic heterocycles. The highest BCUT2D eigenvalue weighted by atomic mass is 32.2. The van der Waals surface area contributed by atoms with E-state index in [4.69, 9.17) is 4.74 Å². The van der Waals surface area contributed by atoms with Gasteiger partial charge in [0.25, 0.3) is 0 Å². The molecule has 3 rings (SSSR count). The van der Waals surface area contributed by atoms with Crippen LogP contribution in [0.25, 0.3) is 5.57 Å². The average Bonchev–Trinajstić information content (AvgIpc) is 3.09. The molecule has 0 amide bonds. The van der Waals surface area contributed by atoms with Gasteiger partial charge in [0.2, 0.25) is 10.0 Å². The number of para-hydroxylation sites is 1. The van der Waals surface area contributed by atoms with Crippen molar-refractivity contribution in [1.29, 1.82) is 0 Å². The van der Waals surface area contributed by atoms with Gasteiger partial charge < -0.3 is 4.74 Å². The maximum absolute atomic E-state index is 12.8. The molecule has 0 radical (unpaired) electrons. The van der Waals surface area contributed by atoms with Crippen molar-refractivity contribution in [3.8, 4) is 5.75 Å². The Morgan fingerprint density at radius 2 is 2.00 bits per heavy atom. The zero-order valence-electron chi connectivity index (χ0n) is 12.2. The lowest BCUT2D eigenvalue weighted by molar-refractivity contribution is 0.395. The van der Waals surface area contributed by atoms with Crippen LogP contribution in [0.5, 0.6) is 5.75 Å².